The van der Waals surface area contributed by atoms with E-state index in [1.54, 1.807) is 0 Å². The summed E-state index contributed by atoms with van der Waals surface area (Å²) in [6.07, 6.45) is 8.62. The molecule has 6 nitrogen and oxygen atoms in total. The van der Waals surface area contributed by atoms with Crippen LogP contribution in [0.1, 0.15) is 67.2 Å². The van der Waals surface area contributed by atoms with Crippen molar-refractivity contribution < 1.29 is 9.53 Å². The van der Waals surface area contributed by atoms with Gasteiger partial charge in [0.25, 0.3) is 0 Å². The van der Waals surface area contributed by atoms with Crippen LogP contribution in [0.5, 0.6) is 0 Å². The lowest BCUT2D eigenvalue weighted by molar-refractivity contribution is 0.0591. The van der Waals surface area contributed by atoms with E-state index in [9.17, 15) is 4.79 Å². The van der Waals surface area contributed by atoms with Crippen LogP contribution in [0.3, 0.4) is 0 Å². The molecule has 0 radical (unpaired) electrons. The van der Waals surface area contributed by atoms with Crippen LogP contribution in [-0.4, -0.2) is 34.6 Å². The Morgan fingerprint density at radius 3 is 2.76 bits per heavy atom. The third-order valence-electron chi connectivity index (χ3n) is 4.70. The second-order valence-electron chi connectivity index (χ2n) is 6.15. The molecule has 1 unspecified atom stereocenters. The number of esters is 1. The number of nitrogens with zero attached hydrogens (tertiary/aromatic N) is 3. The minimum Gasteiger partial charge on any atom is -0.464 e. The summed E-state index contributed by atoms with van der Waals surface area (Å²) in [4.78, 5) is 11.9. The predicted molar refractivity (Wildman–Crippen MR) is 77.9 cm³/mol. The van der Waals surface area contributed by atoms with Crippen molar-refractivity contribution in [2.24, 2.45) is 5.92 Å². The number of carbonyl (C=O) groups is 1. The smallest absolute Gasteiger partial charge is 0.360 e. The Morgan fingerprint density at radius 2 is 2.10 bits per heavy atom. The van der Waals surface area contributed by atoms with Crippen molar-refractivity contribution >= 4 is 5.97 Å². The Kier molecular flexibility index (Phi) is 4.53. The first kappa shape index (κ1) is 14.5. The molecule has 21 heavy (non-hydrogen) atoms. The summed E-state index contributed by atoms with van der Waals surface area (Å²) in [5.74, 6) is 0.277. The molecule has 1 saturated heterocycles. The number of hydrogen-bond acceptors (Lipinski definition) is 5. The lowest BCUT2D eigenvalue weighted by atomic mass is 9.89. The molecule has 2 fully saturated rings. The van der Waals surface area contributed by atoms with E-state index in [0.717, 1.165) is 31.6 Å². The van der Waals surface area contributed by atoms with E-state index in [0.29, 0.717) is 11.6 Å². The molecule has 0 bridgehead atoms. The number of carbonyl (C=O) groups excluding carboxylic acids is 1. The minimum atomic E-state index is -0.381. The van der Waals surface area contributed by atoms with Gasteiger partial charge in [-0.15, -0.1) is 5.10 Å². The highest BCUT2D eigenvalue weighted by atomic mass is 16.5. The van der Waals surface area contributed by atoms with Crippen LogP contribution in [0.15, 0.2) is 0 Å². The van der Waals surface area contributed by atoms with Crippen molar-refractivity contribution in [2.75, 3.05) is 13.7 Å². The van der Waals surface area contributed by atoms with Crippen LogP contribution in [0.2, 0.25) is 0 Å². The fourth-order valence-electron chi connectivity index (χ4n) is 3.57. The molecular formula is C15H24N4O2. The van der Waals surface area contributed by atoms with Crippen LogP contribution in [-0.2, 0) is 11.3 Å². The predicted octanol–water partition coefficient (Wildman–Crippen LogP) is 2.07. The second-order valence-corrected chi connectivity index (χ2v) is 6.15. The molecule has 0 spiro atoms. The van der Waals surface area contributed by atoms with Crippen molar-refractivity contribution in [1.29, 1.82) is 0 Å². The normalized spacial score (nSPS) is 23.4. The third-order valence-corrected chi connectivity index (χ3v) is 4.70. The fourth-order valence-corrected chi connectivity index (χ4v) is 3.57. The Labute approximate surface area is 125 Å². The highest BCUT2D eigenvalue weighted by molar-refractivity contribution is 5.88. The lowest BCUT2D eigenvalue weighted by Crippen LogP contribution is -2.23. The molecule has 2 aliphatic rings. The van der Waals surface area contributed by atoms with E-state index in [4.69, 9.17) is 4.74 Å². The third kappa shape index (κ3) is 3.10. The molecule has 1 atom stereocenters. The van der Waals surface area contributed by atoms with Gasteiger partial charge in [0.2, 0.25) is 0 Å². The SMILES string of the molecule is COC(=O)c1nnn(CC2CCCCC2)c1C1CCCN1. The maximum atomic E-state index is 11.9. The molecule has 1 aromatic rings. The van der Waals surface area contributed by atoms with Crippen molar-refractivity contribution in [3.63, 3.8) is 0 Å². The van der Waals surface area contributed by atoms with E-state index >= 15 is 0 Å². The molecule has 1 aromatic heterocycles. The molecule has 6 heteroatoms. The highest BCUT2D eigenvalue weighted by Gasteiger charge is 2.30. The molecular weight excluding hydrogens is 268 g/mol. The highest BCUT2D eigenvalue weighted by Crippen LogP contribution is 2.29. The molecule has 0 aromatic carbocycles. The standard InChI is InChI=1S/C15H24N4O2/c1-21-15(20)13-14(12-8-5-9-16-12)19(18-17-13)10-11-6-3-2-4-7-11/h11-12,16H,2-10H2,1H3. The number of ether oxygens (including phenoxy) is 1. The average Bonchev–Trinajstić information content (AvgIpc) is 3.16. The van der Waals surface area contributed by atoms with Crippen LogP contribution >= 0.6 is 0 Å². The molecule has 116 valence electrons. The van der Waals surface area contributed by atoms with Gasteiger partial charge in [0.05, 0.1) is 18.8 Å². The van der Waals surface area contributed by atoms with Crippen molar-refractivity contribution in [3.8, 4) is 0 Å². The monoisotopic (exact) mass is 292 g/mol. The van der Waals surface area contributed by atoms with Gasteiger partial charge in [-0.1, -0.05) is 24.5 Å². The van der Waals surface area contributed by atoms with Gasteiger partial charge in [0.15, 0.2) is 5.69 Å². The average molecular weight is 292 g/mol. The van der Waals surface area contributed by atoms with Crippen molar-refractivity contribution in [3.05, 3.63) is 11.4 Å². The van der Waals surface area contributed by atoms with E-state index in [2.05, 4.69) is 15.6 Å². The van der Waals surface area contributed by atoms with Gasteiger partial charge >= 0.3 is 5.97 Å². The molecule has 3 rings (SSSR count). The maximum absolute atomic E-state index is 11.9. The van der Waals surface area contributed by atoms with Crippen LogP contribution in [0, 0.1) is 5.92 Å². The number of aromatic nitrogens is 3. The Bertz CT molecular complexity index is 488. The van der Waals surface area contributed by atoms with E-state index in [1.807, 2.05) is 4.68 Å². The summed E-state index contributed by atoms with van der Waals surface area (Å²) >= 11 is 0. The number of hydrogen-bond donors (Lipinski definition) is 1. The van der Waals surface area contributed by atoms with Gasteiger partial charge in [0.1, 0.15) is 0 Å². The van der Waals surface area contributed by atoms with Crippen molar-refractivity contribution in [1.82, 2.24) is 20.3 Å². The Balaban J connectivity index is 1.84. The van der Waals surface area contributed by atoms with Gasteiger partial charge in [-0.3, -0.25) is 0 Å². The quantitative estimate of drug-likeness (QED) is 0.860. The van der Waals surface area contributed by atoms with Crippen LogP contribution < -0.4 is 5.32 Å². The molecule has 1 aliphatic carbocycles. The fraction of sp³-hybridized carbons (Fsp3) is 0.800. The van der Waals surface area contributed by atoms with Gasteiger partial charge in [-0.2, -0.15) is 0 Å². The summed E-state index contributed by atoms with van der Waals surface area (Å²) in [6.45, 7) is 1.86. The van der Waals surface area contributed by atoms with Gasteiger partial charge in [0, 0.05) is 6.54 Å². The first-order valence-electron chi connectivity index (χ1n) is 8.04. The van der Waals surface area contributed by atoms with Gasteiger partial charge < -0.3 is 10.1 Å². The van der Waals surface area contributed by atoms with Crippen LogP contribution in [0.25, 0.3) is 0 Å². The largest absolute Gasteiger partial charge is 0.464 e. The Hall–Kier alpha value is -1.43. The summed E-state index contributed by atoms with van der Waals surface area (Å²) in [5.41, 5.74) is 1.30. The lowest BCUT2D eigenvalue weighted by Gasteiger charge is -2.23. The summed E-state index contributed by atoms with van der Waals surface area (Å²) in [6, 6.07) is 0.178. The van der Waals surface area contributed by atoms with E-state index in [1.165, 1.54) is 39.2 Å². The van der Waals surface area contributed by atoms with E-state index in [-0.39, 0.29) is 12.0 Å². The van der Waals surface area contributed by atoms with Gasteiger partial charge in [-0.05, 0) is 38.1 Å². The minimum absolute atomic E-state index is 0.178. The molecule has 1 N–H and O–H groups in total. The molecule has 0 amide bonds. The van der Waals surface area contributed by atoms with Crippen molar-refractivity contribution in [2.45, 2.75) is 57.5 Å². The first-order chi connectivity index (χ1) is 10.3. The maximum Gasteiger partial charge on any atom is 0.360 e. The van der Waals surface area contributed by atoms with Gasteiger partial charge in [-0.25, -0.2) is 9.48 Å². The molecule has 1 aliphatic heterocycles. The number of rotatable bonds is 4. The second kappa shape index (κ2) is 6.56. The Morgan fingerprint density at radius 1 is 1.29 bits per heavy atom. The zero-order valence-electron chi connectivity index (χ0n) is 12.7. The first-order valence-corrected chi connectivity index (χ1v) is 8.04. The molecule has 1 saturated carbocycles. The molecule has 2 heterocycles. The number of methoxy groups -OCH3 is 1. The summed E-state index contributed by atoms with van der Waals surface area (Å²) in [5, 5.41) is 11.8. The number of nitrogens with one attached hydrogen (secondary N) is 1. The summed E-state index contributed by atoms with van der Waals surface area (Å²) in [7, 11) is 1.40. The van der Waals surface area contributed by atoms with E-state index < -0.39 is 0 Å². The van der Waals surface area contributed by atoms with Crippen LogP contribution in [0.4, 0.5) is 0 Å². The topological polar surface area (TPSA) is 69.0 Å². The zero-order valence-corrected chi connectivity index (χ0v) is 12.7. The summed E-state index contributed by atoms with van der Waals surface area (Å²) < 4.78 is 6.81. The zero-order chi connectivity index (χ0) is 14.7.